The number of hydrogen-bond acceptors (Lipinski definition) is 9. The van der Waals surface area contributed by atoms with E-state index in [2.05, 4.69) is 25.7 Å². The van der Waals surface area contributed by atoms with E-state index in [9.17, 15) is 14.4 Å². The van der Waals surface area contributed by atoms with E-state index in [0.717, 1.165) is 30.6 Å². The summed E-state index contributed by atoms with van der Waals surface area (Å²) in [6.07, 6.45) is 0.781. The standard InChI is InChI=1S/C20H24N6O5S/c1-12(28)21-9-16-10-26(20(30)31-16)15-3-2-13-4-6-25(7-5-14(13)8-15)19-24-23-18(32-19)22-17(29)11-27/h2-3,8,16,27H,4-7,9-11H2,1H3,(H,21,28)(H,22,23,29). The highest BCUT2D eigenvalue weighted by atomic mass is 32.1. The molecule has 3 amide bonds. The van der Waals surface area contributed by atoms with E-state index in [-0.39, 0.29) is 12.0 Å². The van der Waals surface area contributed by atoms with Crippen LogP contribution in [0.5, 0.6) is 0 Å². The smallest absolute Gasteiger partial charge is 0.414 e. The molecule has 0 bridgehead atoms. The van der Waals surface area contributed by atoms with Crippen LogP contribution in [0.2, 0.25) is 0 Å². The van der Waals surface area contributed by atoms with E-state index in [4.69, 9.17) is 9.84 Å². The number of nitrogens with one attached hydrogen (secondary N) is 2. The number of nitrogens with zero attached hydrogens (tertiary/aromatic N) is 4. The number of cyclic esters (lactones) is 1. The van der Waals surface area contributed by atoms with Crippen LogP contribution in [0.25, 0.3) is 0 Å². The van der Waals surface area contributed by atoms with Gasteiger partial charge in [0, 0.05) is 25.7 Å². The van der Waals surface area contributed by atoms with E-state index in [1.165, 1.54) is 23.8 Å². The van der Waals surface area contributed by atoms with Crippen LogP contribution in [0.3, 0.4) is 0 Å². The minimum absolute atomic E-state index is 0.160. The Labute approximate surface area is 188 Å². The summed E-state index contributed by atoms with van der Waals surface area (Å²) in [6.45, 7) is 2.97. The lowest BCUT2D eigenvalue weighted by molar-refractivity contribution is -0.119. The Morgan fingerprint density at radius 3 is 2.78 bits per heavy atom. The van der Waals surface area contributed by atoms with Crippen molar-refractivity contribution >= 4 is 45.2 Å². The van der Waals surface area contributed by atoms with E-state index >= 15 is 0 Å². The van der Waals surface area contributed by atoms with Gasteiger partial charge in [-0.05, 0) is 36.1 Å². The summed E-state index contributed by atoms with van der Waals surface area (Å²) >= 11 is 1.26. The molecule has 32 heavy (non-hydrogen) atoms. The van der Waals surface area contributed by atoms with E-state index in [1.54, 1.807) is 4.90 Å². The maximum absolute atomic E-state index is 12.3. The first kappa shape index (κ1) is 22.0. The molecular weight excluding hydrogens is 436 g/mol. The van der Waals surface area contributed by atoms with Crippen molar-refractivity contribution in [3.63, 3.8) is 0 Å². The lowest BCUT2D eigenvalue weighted by Crippen LogP contribution is -2.33. The van der Waals surface area contributed by atoms with Gasteiger partial charge >= 0.3 is 6.09 Å². The molecule has 1 saturated heterocycles. The molecule has 0 radical (unpaired) electrons. The van der Waals surface area contributed by atoms with Crippen LogP contribution in [0.4, 0.5) is 20.7 Å². The molecule has 2 aliphatic heterocycles. The summed E-state index contributed by atoms with van der Waals surface area (Å²) < 4.78 is 5.36. The number of amides is 3. The second kappa shape index (κ2) is 9.49. The van der Waals surface area contributed by atoms with Gasteiger partial charge in [0.15, 0.2) is 0 Å². The van der Waals surface area contributed by atoms with Crippen LogP contribution in [-0.4, -0.2) is 72.1 Å². The molecule has 170 valence electrons. The number of aliphatic hydroxyl groups excluding tert-OH is 1. The molecule has 0 saturated carbocycles. The number of carbonyl (C=O) groups is 3. The first-order valence-corrected chi connectivity index (χ1v) is 11.1. The number of hydrogen-bond donors (Lipinski definition) is 3. The Kier molecular flexibility index (Phi) is 6.51. The van der Waals surface area contributed by atoms with Gasteiger partial charge < -0.3 is 20.1 Å². The van der Waals surface area contributed by atoms with Crippen molar-refractivity contribution in [2.45, 2.75) is 25.9 Å². The third-order valence-electron chi connectivity index (χ3n) is 5.33. The summed E-state index contributed by atoms with van der Waals surface area (Å²) in [5.41, 5.74) is 3.14. The molecular formula is C20H24N6O5S. The van der Waals surface area contributed by atoms with Crippen LogP contribution >= 0.6 is 11.3 Å². The molecule has 4 rings (SSSR count). The van der Waals surface area contributed by atoms with Gasteiger partial charge in [0.05, 0.1) is 13.1 Å². The van der Waals surface area contributed by atoms with Crippen molar-refractivity contribution in [3.8, 4) is 0 Å². The monoisotopic (exact) mass is 460 g/mol. The number of aromatic nitrogens is 2. The van der Waals surface area contributed by atoms with Crippen molar-refractivity contribution < 1.29 is 24.2 Å². The lowest BCUT2D eigenvalue weighted by atomic mass is 10.0. The quantitative estimate of drug-likeness (QED) is 0.568. The molecule has 1 unspecified atom stereocenters. The molecule has 1 aromatic heterocycles. The Morgan fingerprint density at radius 2 is 2.03 bits per heavy atom. The van der Waals surface area contributed by atoms with Crippen molar-refractivity contribution in [2.75, 3.05) is 47.9 Å². The second-order valence-electron chi connectivity index (χ2n) is 7.59. The van der Waals surface area contributed by atoms with Crippen molar-refractivity contribution in [2.24, 2.45) is 0 Å². The molecule has 1 aromatic carbocycles. The zero-order chi connectivity index (χ0) is 22.7. The van der Waals surface area contributed by atoms with Gasteiger partial charge in [-0.2, -0.15) is 0 Å². The minimum Gasteiger partial charge on any atom is -0.442 e. The normalized spacial score (nSPS) is 18.1. The van der Waals surface area contributed by atoms with Crippen LogP contribution in [0.15, 0.2) is 18.2 Å². The van der Waals surface area contributed by atoms with Crippen LogP contribution < -0.4 is 20.4 Å². The highest BCUT2D eigenvalue weighted by Gasteiger charge is 2.32. The Bertz CT molecular complexity index is 1030. The fourth-order valence-electron chi connectivity index (χ4n) is 3.72. The molecule has 0 spiro atoms. The van der Waals surface area contributed by atoms with Crippen LogP contribution in [-0.2, 0) is 27.2 Å². The maximum atomic E-state index is 12.3. The zero-order valence-corrected chi connectivity index (χ0v) is 18.4. The van der Waals surface area contributed by atoms with E-state index in [0.29, 0.717) is 29.9 Å². The Morgan fingerprint density at radius 1 is 1.25 bits per heavy atom. The van der Waals surface area contributed by atoms with Gasteiger partial charge in [-0.15, -0.1) is 10.2 Å². The number of anilines is 3. The molecule has 0 aliphatic carbocycles. The average molecular weight is 461 g/mol. The first-order valence-electron chi connectivity index (χ1n) is 10.3. The summed E-state index contributed by atoms with van der Waals surface area (Å²) in [4.78, 5) is 38.5. The molecule has 11 nitrogen and oxygen atoms in total. The SMILES string of the molecule is CC(=O)NCC1CN(c2ccc3c(c2)CCN(c2nnc(NC(=O)CO)s2)CC3)C(=O)O1. The summed E-state index contributed by atoms with van der Waals surface area (Å²) in [5.74, 6) is -0.685. The van der Waals surface area contributed by atoms with Crippen molar-refractivity contribution in [3.05, 3.63) is 29.3 Å². The van der Waals surface area contributed by atoms with Crippen LogP contribution in [0, 0.1) is 0 Å². The number of carbonyl (C=O) groups excluding carboxylic acids is 3. The predicted octanol–water partition coefficient (Wildman–Crippen LogP) is 0.535. The Balaban J connectivity index is 1.41. The molecule has 1 fully saturated rings. The van der Waals surface area contributed by atoms with Gasteiger partial charge in [-0.1, -0.05) is 17.4 Å². The van der Waals surface area contributed by atoms with E-state index < -0.39 is 18.6 Å². The van der Waals surface area contributed by atoms with Crippen molar-refractivity contribution in [1.82, 2.24) is 15.5 Å². The van der Waals surface area contributed by atoms with Gasteiger partial charge in [-0.25, -0.2) is 4.79 Å². The number of ether oxygens (including phenoxy) is 1. The summed E-state index contributed by atoms with van der Waals surface area (Å²) in [6, 6.07) is 5.98. The molecule has 1 atom stereocenters. The maximum Gasteiger partial charge on any atom is 0.414 e. The fourth-order valence-corrected chi connectivity index (χ4v) is 4.53. The van der Waals surface area contributed by atoms with Crippen LogP contribution in [0.1, 0.15) is 18.1 Å². The van der Waals surface area contributed by atoms with Gasteiger partial charge in [0.1, 0.15) is 12.7 Å². The lowest BCUT2D eigenvalue weighted by Gasteiger charge is -2.17. The van der Waals surface area contributed by atoms with Gasteiger partial charge in [-0.3, -0.25) is 19.8 Å². The Hall–Kier alpha value is -3.25. The topological polar surface area (TPSA) is 137 Å². The third-order valence-corrected chi connectivity index (χ3v) is 6.23. The minimum atomic E-state index is -0.602. The van der Waals surface area contributed by atoms with E-state index in [1.807, 2.05) is 18.2 Å². The summed E-state index contributed by atoms with van der Waals surface area (Å²) in [5, 5.41) is 23.2. The second-order valence-corrected chi connectivity index (χ2v) is 8.55. The van der Waals surface area contributed by atoms with Gasteiger partial charge in [0.25, 0.3) is 5.91 Å². The molecule has 2 aliphatic rings. The highest BCUT2D eigenvalue weighted by molar-refractivity contribution is 7.19. The molecule has 12 heteroatoms. The molecule has 3 N–H and O–H groups in total. The first-order chi connectivity index (χ1) is 15.4. The highest BCUT2D eigenvalue weighted by Crippen LogP contribution is 2.29. The number of benzene rings is 1. The third kappa shape index (κ3) is 4.97. The number of fused-ring (bicyclic) bond motifs is 1. The fraction of sp³-hybridized carbons (Fsp3) is 0.450. The molecule has 2 aromatic rings. The summed E-state index contributed by atoms with van der Waals surface area (Å²) in [7, 11) is 0. The van der Waals surface area contributed by atoms with Gasteiger partial charge in [0.2, 0.25) is 16.2 Å². The average Bonchev–Trinajstić information content (AvgIpc) is 3.32. The molecule has 3 heterocycles. The van der Waals surface area contributed by atoms with Crippen molar-refractivity contribution in [1.29, 1.82) is 0 Å². The zero-order valence-electron chi connectivity index (χ0n) is 17.5. The number of rotatable bonds is 6. The predicted molar refractivity (Wildman–Crippen MR) is 118 cm³/mol. The number of aliphatic hydroxyl groups is 1. The largest absolute Gasteiger partial charge is 0.442 e.